The summed E-state index contributed by atoms with van der Waals surface area (Å²) >= 11 is 0. The fourth-order valence-electron chi connectivity index (χ4n) is 5.97. The number of hydrogen-bond donors (Lipinski definition) is 0. The van der Waals surface area contributed by atoms with Gasteiger partial charge in [-0.15, -0.1) is 0 Å². The molecule has 220 valence electrons. The summed E-state index contributed by atoms with van der Waals surface area (Å²) in [6.45, 7) is 0. The molecule has 0 aliphatic rings. The van der Waals surface area contributed by atoms with E-state index < -0.39 is 0 Å². The van der Waals surface area contributed by atoms with Gasteiger partial charge in [0.15, 0.2) is 28.6 Å². The molecule has 47 heavy (non-hydrogen) atoms. The van der Waals surface area contributed by atoms with Gasteiger partial charge in [-0.05, 0) is 23.8 Å². The summed E-state index contributed by atoms with van der Waals surface area (Å²) in [6.07, 6.45) is 5.44. The van der Waals surface area contributed by atoms with Crippen LogP contribution in [-0.2, 0) is 0 Å². The van der Waals surface area contributed by atoms with Crippen LogP contribution in [0.1, 0.15) is 0 Å². The van der Waals surface area contributed by atoms with Crippen LogP contribution in [0.25, 0.3) is 89.5 Å². The van der Waals surface area contributed by atoms with Crippen molar-refractivity contribution in [3.05, 3.63) is 146 Å². The van der Waals surface area contributed by atoms with Crippen molar-refractivity contribution in [2.24, 2.45) is 0 Å². The fourth-order valence-corrected chi connectivity index (χ4v) is 5.97. The van der Waals surface area contributed by atoms with Crippen LogP contribution in [0.3, 0.4) is 0 Å². The topological polar surface area (TPSA) is 90.5 Å². The van der Waals surface area contributed by atoms with Crippen LogP contribution < -0.4 is 0 Å². The maximum Gasteiger partial charge on any atom is 0.164 e. The van der Waals surface area contributed by atoms with E-state index in [-0.39, 0.29) is 0 Å². The molecule has 7 nitrogen and oxygen atoms in total. The van der Waals surface area contributed by atoms with Crippen molar-refractivity contribution >= 4 is 32.8 Å². The lowest BCUT2D eigenvalue weighted by Gasteiger charge is -2.10. The second-order valence-corrected chi connectivity index (χ2v) is 11.2. The Morgan fingerprint density at radius 2 is 1.11 bits per heavy atom. The molecule has 0 spiro atoms. The first-order valence-electron chi connectivity index (χ1n) is 15.3. The average molecular weight is 605 g/mol. The molecular formula is C40H24N6O. The Labute approximate surface area is 269 Å². The monoisotopic (exact) mass is 604 g/mol. The highest BCUT2D eigenvalue weighted by molar-refractivity contribution is 6.15. The molecule has 9 aromatic rings. The molecule has 0 aliphatic carbocycles. The summed E-state index contributed by atoms with van der Waals surface area (Å²) in [5, 5.41) is 3.01. The molecule has 0 unspecified atom stereocenters. The molecule has 0 saturated carbocycles. The summed E-state index contributed by atoms with van der Waals surface area (Å²) in [5.74, 6) is 1.85. The number of furan rings is 1. The molecule has 9 rings (SSSR count). The zero-order valence-corrected chi connectivity index (χ0v) is 24.9. The number of aromatic nitrogens is 6. The van der Waals surface area contributed by atoms with Gasteiger partial charge in [-0.3, -0.25) is 4.98 Å². The Kier molecular flexibility index (Phi) is 6.31. The largest absolute Gasteiger partial charge is 0.452 e. The first-order valence-corrected chi connectivity index (χ1v) is 15.3. The zero-order valence-electron chi connectivity index (χ0n) is 24.9. The number of pyridine rings is 3. The van der Waals surface area contributed by atoms with Crippen molar-refractivity contribution < 1.29 is 4.42 Å². The predicted molar refractivity (Wildman–Crippen MR) is 185 cm³/mol. The van der Waals surface area contributed by atoms with Crippen LogP contribution in [0.5, 0.6) is 0 Å². The van der Waals surface area contributed by atoms with Gasteiger partial charge in [-0.1, -0.05) is 109 Å². The fraction of sp³-hybridized carbons (Fsp3) is 0. The van der Waals surface area contributed by atoms with Gasteiger partial charge >= 0.3 is 0 Å². The van der Waals surface area contributed by atoms with Gasteiger partial charge in [0.1, 0.15) is 5.69 Å². The zero-order chi connectivity index (χ0) is 31.2. The van der Waals surface area contributed by atoms with Crippen molar-refractivity contribution in [3.63, 3.8) is 0 Å². The number of fused-ring (bicyclic) bond motifs is 4. The van der Waals surface area contributed by atoms with Gasteiger partial charge in [0, 0.05) is 50.8 Å². The van der Waals surface area contributed by atoms with Gasteiger partial charge in [-0.25, -0.2) is 24.9 Å². The lowest BCUT2D eigenvalue weighted by molar-refractivity contribution is 0.666. The minimum atomic E-state index is 0.602. The highest BCUT2D eigenvalue weighted by Gasteiger charge is 2.20. The third kappa shape index (κ3) is 4.78. The normalized spacial score (nSPS) is 11.4. The number of nitrogens with zero attached hydrogens (tertiary/aromatic N) is 6. The minimum absolute atomic E-state index is 0.602. The van der Waals surface area contributed by atoms with Crippen LogP contribution >= 0.6 is 0 Å². The van der Waals surface area contributed by atoms with Gasteiger partial charge in [0.05, 0.1) is 17.4 Å². The third-order valence-electron chi connectivity index (χ3n) is 8.29. The van der Waals surface area contributed by atoms with Crippen molar-refractivity contribution in [3.8, 4) is 56.7 Å². The van der Waals surface area contributed by atoms with Gasteiger partial charge in [0.25, 0.3) is 0 Å². The predicted octanol–water partition coefficient (Wildman–Crippen LogP) is 9.44. The maximum atomic E-state index is 6.42. The maximum absolute atomic E-state index is 6.42. The van der Waals surface area contributed by atoms with E-state index in [1.54, 1.807) is 12.4 Å². The molecule has 4 aromatic carbocycles. The highest BCUT2D eigenvalue weighted by Crippen LogP contribution is 2.40. The molecular weight excluding hydrogens is 580 g/mol. The average Bonchev–Trinajstić information content (AvgIpc) is 3.55. The summed E-state index contributed by atoms with van der Waals surface area (Å²) in [7, 11) is 0. The number of rotatable bonds is 5. The van der Waals surface area contributed by atoms with Crippen molar-refractivity contribution in [2.75, 3.05) is 0 Å². The molecule has 0 aliphatic heterocycles. The summed E-state index contributed by atoms with van der Waals surface area (Å²) in [5.41, 5.74) is 8.40. The Bertz CT molecular complexity index is 2510. The Morgan fingerprint density at radius 1 is 0.489 bits per heavy atom. The SMILES string of the molecule is c1ccc(-c2nc(-c3ccccc3)nc(-c3ccc(-c4cnc(-c5ccc6ccccc6n5)c5oc6cnccc6c45)cc3)n2)cc1. The van der Waals surface area contributed by atoms with Crippen LogP contribution in [0.4, 0.5) is 0 Å². The molecule has 5 aromatic heterocycles. The van der Waals surface area contributed by atoms with Crippen LogP contribution in [0.15, 0.2) is 150 Å². The van der Waals surface area contributed by atoms with E-state index in [4.69, 9.17) is 29.3 Å². The van der Waals surface area contributed by atoms with Crippen molar-refractivity contribution in [2.45, 2.75) is 0 Å². The second-order valence-electron chi connectivity index (χ2n) is 11.2. The van der Waals surface area contributed by atoms with Gasteiger partial charge in [-0.2, -0.15) is 0 Å². The molecule has 5 heterocycles. The number of para-hydroxylation sites is 1. The summed E-state index contributed by atoms with van der Waals surface area (Å²) < 4.78 is 6.42. The molecule has 0 fully saturated rings. The van der Waals surface area contributed by atoms with Gasteiger partial charge in [0.2, 0.25) is 0 Å². The van der Waals surface area contributed by atoms with E-state index in [2.05, 4.69) is 29.2 Å². The molecule has 0 atom stereocenters. The van der Waals surface area contributed by atoms with Crippen LogP contribution in [0, 0.1) is 0 Å². The van der Waals surface area contributed by atoms with E-state index in [1.165, 1.54) is 0 Å². The minimum Gasteiger partial charge on any atom is -0.452 e. The standard InChI is InChI=1S/C40H24N6O/c1-3-10-27(11-4-1)38-44-39(28-12-5-2-6-13-28)46-40(45-38)29-17-15-25(16-18-29)31-23-42-36(33-20-19-26-9-7-8-14-32(26)43-33)37-35(31)30-21-22-41-24-34(30)47-37/h1-24H. The van der Waals surface area contributed by atoms with E-state index in [0.29, 0.717) is 34.3 Å². The molecule has 0 radical (unpaired) electrons. The van der Waals surface area contributed by atoms with Crippen LogP contribution in [-0.4, -0.2) is 29.9 Å². The lowest BCUT2D eigenvalue weighted by Crippen LogP contribution is -2.00. The first kappa shape index (κ1) is 26.8. The number of benzene rings is 4. The van der Waals surface area contributed by atoms with E-state index in [1.807, 2.05) is 109 Å². The smallest absolute Gasteiger partial charge is 0.164 e. The van der Waals surface area contributed by atoms with E-state index in [0.717, 1.165) is 55.2 Å². The van der Waals surface area contributed by atoms with Crippen molar-refractivity contribution in [1.29, 1.82) is 0 Å². The number of hydrogen-bond acceptors (Lipinski definition) is 7. The quantitative estimate of drug-likeness (QED) is 0.193. The lowest BCUT2D eigenvalue weighted by atomic mass is 9.99. The molecule has 0 amide bonds. The molecule has 7 heteroatoms. The summed E-state index contributed by atoms with van der Waals surface area (Å²) in [6, 6.07) is 42.3. The summed E-state index contributed by atoms with van der Waals surface area (Å²) in [4.78, 5) is 28.7. The van der Waals surface area contributed by atoms with E-state index >= 15 is 0 Å². The van der Waals surface area contributed by atoms with E-state index in [9.17, 15) is 0 Å². The Morgan fingerprint density at radius 3 is 1.81 bits per heavy atom. The van der Waals surface area contributed by atoms with Crippen molar-refractivity contribution in [1.82, 2.24) is 29.9 Å². The Hall–Kier alpha value is -6.60. The molecule has 0 N–H and O–H groups in total. The van der Waals surface area contributed by atoms with Crippen LogP contribution in [0.2, 0.25) is 0 Å². The van der Waals surface area contributed by atoms with Gasteiger partial charge < -0.3 is 4.42 Å². The third-order valence-corrected chi connectivity index (χ3v) is 8.29. The Balaban J connectivity index is 1.17. The second kappa shape index (κ2) is 11.1. The molecule has 0 saturated heterocycles. The highest BCUT2D eigenvalue weighted by atomic mass is 16.3. The first-order chi connectivity index (χ1) is 23.3. The molecule has 0 bridgehead atoms.